The number of nitrogens with zero attached hydrogens (tertiary/aromatic N) is 3. The molecule has 2 amide bonds. The molecular formula is C21H18N4O3S. The van der Waals surface area contributed by atoms with E-state index in [-0.39, 0.29) is 24.1 Å². The van der Waals surface area contributed by atoms with Crippen LogP contribution in [0.5, 0.6) is 0 Å². The molecule has 3 heterocycles. The summed E-state index contributed by atoms with van der Waals surface area (Å²) in [4.78, 5) is 34.7. The van der Waals surface area contributed by atoms with Crippen LogP contribution in [-0.2, 0) is 4.79 Å². The van der Waals surface area contributed by atoms with Crippen molar-refractivity contribution in [2.75, 3.05) is 18.9 Å². The lowest BCUT2D eigenvalue weighted by Crippen LogP contribution is -2.34. The van der Waals surface area contributed by atoms with E-state index in [2.05, 4.69) is 15.3 Å². The Morgan fingerprint density at radius 3 is 2.79 bits per heavy atom. The summed E-state index contributed by atoms with van der Waals surface area (Å²) in [5.41, 5.74) is 1.87. The molecule has 4 aromatic rings. The number of carbonyl (C=O) groups is 2. The predicted molar refractivity (Wildman–Crippen MR) is 112 cm³/mol. The van der Waals surface area contributed by atoms with Gasteiger partial charge >= 0.3 is 0 Å². The molecule has 29 heavy (non-hydrogen) atoms. The Morgan fingerprint density at radius 1 is 1.17 bits per heavy atom. The lowest BCUT2D eigenvalue weighted by molar-refractivity contribution is -0.116. The molecule has 0 atom stereocenters. The Balaban J connectivity index is 1.43. The standard InChI is InChI=1S/C21H18N4O3S/c1-13-9-10-22-18(11-13)24-19(26)12-25(2)21(27)16-8-7-15(28-16)20-23-14-5-3-4-6-17(14)29-20/h3-11H,12H2,1-2H3,(H,22,24,26). The van der Waals surface area contributed by atoms with Crippen molar-refractivity contribution in [2.45, 2.75) is 6.92 Å². The normalized spacial score (nSPS) is 10.8. The largest absolute Gasteiger partial charge is 0.448 e. The van der Waals surface area contributed by atoms with E-state index in [1.165, 1.54) is 16.2 Å². The number of furan rings is 1. The maximum atomic E-state index is 12.6. The molecule has 0 saturated heterocycles. The lowest BCUT2D eigenvalue weighted by atomic mass is 10.3. The highest BCUT2D eigenvalue weighted by atomic mass is 32.1. The average Bonchev–Trinajstić information content (AvgIpc) is 3.34. The van der Waals surface area contributed by atoms with Crippen LogP contribution in [0.3, 0.4) is 0 Å². The number of pyridine rings is 1. The van der Waals surface area contributed by atoms with Gasteiger partial charge in [0, 0.05) is 13.2 Å². The maximum absolute atomic E-state index is 12.6. The van der Waals surface area contributed by atoms with E-state index >= 15 is 0 Å². The van der Waals surface area contributed by atoms with Crippen LogP contribution in [0.1, 0.15) is 16.1 Å². The van der Waals surface area contributed by atoms with E-state index in [1.54, 1.807) is 31.4 Å². The number of benzene rings is 1. The number of nitrogens with one attached hydrogen (secondary N) is 1. The minimum absolute atomic E-state index is 0.119. The van der Waals surface area contributed by atoms with Crippen molar-refractivity contribution in [3.8, 4) is 10.8 Å². The van der Waals surface area contributed by atoms with Crippen LogP contribution in [-0.4, -0.2) is 40.3 Å². The highest BCUT2D eigenvalue weighted by Crippen LogP contribution is 2.31. The quantitative estimate of drug-likeness (QED) is 0.542. The topological polar surface area (TPSA) is 88.3 Å². The van der Waals surface area contributed by atoms with Gasteiger partial charge in [-0.3, -0.25) is 9.59 Å². The summed E-state index contributed by atoms with van der Waals surface area (Å²) in [5, 5.41) is 3.39. The number of amides is 2. The van der Waals surface area contributed by atoms with Crippen molar-refractivity contribution >= 4 is 39.2 Å². The monoisotopic (exact) mass is 406 g/mol. The van der Waals surface area contributed by atoms with Crippen molar-refractivity contribution in [1.29, 1.82) is 0 Å². The lowest BCUT2D eigenvalue weighted by Gasteiger charge is -2.15. The molecule has 0 spiro atoms. The highest BCUT2D eigenvalue weighted by molar-refractivity contribution is 7.21. The van der Waals surface area contributed by atoms with Gasteiger partial charge in [-0.1, -0.05) is 12.1 Å². The number of fused-ring (bicyclic) bond motifs is 1. The van der Waals surface area contributed by atoms with Gasteiger partial charge in [0.05, 0.1) is 10.2 Å². The first kappa shape index (κ1) is 18.8. The molecule has 0 radical (unpaired) electrons. The fourth-order valence-electron chi connectivity index (χ4n) is 2.81. The molecular weight excluding hydrogens is 388 g/mol. The second-order valence-corrected chi connectivity index (χ2v) is 7.61. The Kier molecular flexibility index (Phi) is 5.09. The van der Waals surface area contributed by atoms with Gasteiger partial charge in [-0.05, 0) is 48.9 Å². The molecule has 0 fully saturated rings. The number of carbonyl (C=O) groups excluding carboxylic acids is 2. The van der Waals surface area contributed by atoms with Crippen LogP contribution in [0.2, 0.25) is 0 Å². The minimum atomic E-state index is -0.385. The van der Waals surface area contributed by atoms with Gasteiger partial charge in [-0.15, -0.1) is 11.3 Å². The van der Waals surface area contributed by atoms with E-state index in [0.717, 1.165) is 15.8 Å². The first-order valence-corrected chi connectivity index (χ1v) is 9.75. The van der Waals surface area contributed by atoms with Crippen LogP contribution < -0.4 is 5.32 Å². The fraction of sp³-hybridized carbons (Fsp3) is 0.143. The highest BCUT2D eigenvalue weighted by Gasteiger charge is 2.20. The molecule has 3 aromatic heterocycles. The second-order valence-electron chi connectivity index (χ2n) is 6.58. The molecule has 7 nitrogen and oxygen atoms in total. The SMILES string of the molecule is Cc1ccnc(NC(=O)CN(C)C(=O)c2ccc(-c3nc4ccccc4s3)o2)c1. The van der Waals surface area contributed by atoms with E-state index < -0.39 is 0 Å². The molecule has 0 bridgehead atoms. The number of anilines is 1. The molecule has 0 unspecified atom stereocenters. The Morgan fingerprint density at radius 2 is 2.00 bits per heavy atom. The van der Waals surface area contributed by atoms with Gasteiger partial charge in [0.25, 0.3) is 5.91 Å². The molecule has 4 rings (SSSR count). The third-order valence-electron chi connectivity index (χ3n) is 4.23. The number of para-hydroxylation sites is 1. The van der Waals surface area contributed by atoms with Gasteiger partial charge in [-0.2, -0.15) is 0 Å². The van der Waals surface area contributed by atoms with Crippen LogP contribution in [0, 0.1) is 6.92 Å². The molecule has 146 valence electrons. The number of hydrogen-bond donors (Lipinski definition) is 1. The van der Waals surface area contributed by atoms with E-state index in [9.17, 15) is 9.59 Å². The molecule has 1 aromatic carbocycles. The number of thiazole rings is 1. The van der Waals surface area contributed by atoms with Crippen molar-refractivity contribution in [3.05, 3.63) is 66.1 Å². The van der Waals surface area contributed by atoms with Crippen LogP contribution >= 0.6 is 11.3 Å². The van der Waals surface area contributed by atoms with Crippen molar-refractivity contribution in [1.82, 2.24) is 14.9 Å². The van der Waals surface area contributed by atoms with Crippen LogP contribution in [0.25, 0.3) is 21.0 Å². The third-order valence-corrected chi connectivity index (χ3v) is 5.28. The summed E-state index contributed by atoms with van der Waals surface area (Å²) in [6.45, 7) is 1.79. The smallest absolute Gasteiger partial charge is 0.289 e. The molecule has 1 N–H and O–H groups in total. The zero-order chi connectivity index (χ0) is 20.4. The average molecular weight is 406 g/mol. The Hall–Kier alpha value is -3.52. The fourth-order valence-corrected chi connectivity index (χ4v) is 3.74. The van der Waals surface area contributed by atoms with Gasteiger partial charge in [0.1, 0.15) is 12.4 Å². The Bertz CT molecular complexity index is 1160. The summed E-state index contributed by atoms with van der Waals surface area (Å²) in [7, 11) is 1.55. The number of likely N-dealkylation sites (N-methyl/N-ethyl adjacent to an activating group) is 1. The van der Waals surface area contributed by atoms with Gasteiger partial charge in [0.2, 0.25) is 5.91 Å². The van der Waals surface area contributed by atoms with E-state index in [0.29, 0.717) is 16.6 Å². The minimum Gasteiger partial charge on any atom is -0.448 e. The van der Waals surface area contributed by atoms with Crippen LogP contribution in [0.15, 0.2) is 59.1 Å². The van der Waals surface area contributed by atoms with Gasteiger partial charge in [0.15, 0.2) is 16.5 Å². The summed E-state index contributed by atoms with van der Waals surface area (Å²) in [5.74, 6) is 0.410. The first-order chi connectivity index (χ1) is 14.0. The molecule has 0 aliphatic carbocycles. The van der Waals surface area contributed by atoms with Crippen LogP contribution in [0.4, 0.5) is 5.82 Å². The second kappa shape index (κ2) is 7.84. The van der Waals surface area contributed by atoms with E-state index in [4.69, 9.17) is 4.42 Å². The summed E-state index contributed by atoms with van der Waals surface area (Å²) in [6.07, 6.45) is 1.62. The molecule has 0 saturated carbocycles. The molecule has 0 aliphatic heterocycles. The molecule has 8 heteroatoms. The van der Waals surface area contributed by atoms with E-state index in [1.807, 2.05) is 37.3 Å². The zero-order valence-corrected chi connectivity index (χ0v) is 16.7. The van der Waals surface area contributed by atoms with Crippen molar-refractivity contribution < 1.29 is 14.0 Å². The first-order valence-electron chi connectivity index (χ1n) is 8.93. The number of rotatable bonds is 5. The summed E-state index contributed by atoms with van der Waals surface area (Å²) >= 11 is 1.50. The summed E-state index contributed by atoms with van der Waals surface area (Å²) < 4.78 is 6.76. The zero-order valence-electron chi connectivity index (χ0n) is 15.9. The van der Waals surface area contributed by atoms with Crippen molar-refractivity contribution in [3.63, 3.8) is 0 Å². The number of hydrogen-bond acceptors (Lipinski definition) is 6. The molecule has 0 aliphatic rings. The number of aromatic nitrogens is 2. The van der Waals surface area contributed by atoms with Crippen molar-refractivity contribution in [2.24, 2.45) is 0 Å². The van der Waals surface area contributed by atoms with Gasteiger partial charge in [-0.25, -0.2) is 9.97 Å². The summed E-state index contributed by atoms with van der Waals surface area (Å²) in [6, 6.07) is 14.7. The maximum Gasteiger partial charge on any atom is 0.289 e. The third kappa shape index (κ3) is 4.17. The Labute approximate surface area is 171 Å². The van der Waals surface area contributed by atoms with Gasteiger partial charge < -0.3 is 14.6 Å². The predicted octanol–water partition coefficient (Wildman–Crippen LogP) is 3.97. The number of aryl methyl sites for hydroxylation is 1.